The van der Waals surface area contributed by atoms with E-state index in [0.717, 1.165) is 0 Å². The normalized spacial score (nSPS) is 14.9. The third-order valence-corrected chi connectivity index (χ3v) is 4.48. The molecule has 0 aliphatic rings. The van der Waals surface area contributed by atoms with Crippen LogP contribution in [0.15, 0.2) is 0 Å². The standard InChI is InChI=1S/C20H36N4O8/c1-10(2)7-14(23-17(28)12(21)9-25)19(30)22-13(5-6-16(26)27)18(29)24-15(20(31)32)8-11(3)4/h10-15,25H,5-9,21H2,1-4H3,(H,22,30)(H,23,28)(H,24,29)(H,26,27)(H,31,32). The largest absolute Gasteiger partial charge is 0.481 e. The molecule has 0 saturated heterocycles. The Labute approximate surface area is 187 Å². The Balaban J connectivity index is 5.53. The van der Waals surface area contributed by atoms with E-state index in [4.69, 9.17) is 15.9 Å². The first kappa shape index (κ1) is 29.3. The quantitative estimate of drug-likeness (QED) is 0.156. The lowest BCUT2D eigenvalue weighted by Gasteiger charge is -2.26. The van der Waals surface area contributed by atoms with Crippen LogP contribution >= 0.6 is 0 Å². The third kappa shape index (κ3) is 11.6. The molecule has 32 heavy (non-hydrogen) atoms. The summed E-state index contributed by atoms with van der Waals surface area (Å²) in [6.45, 7) is 6.54. The lowest BCUT2D eigenvalue weighted by atomic mass is 10.0. The van der Waals surface area contributed by atoms with Crippen LogP contribution in [0.2, 0.25) is 0 Å². The molecule has 0 bridgehead atoms. The van der Waals surface area contributed by atoms with Crippen LogP contribution in [-0.4, -0.2) is 75.8 Å². The van der Waals surface area contributed by atoms with E-state index >= 15 is 0 Å². The summed E-state index contributed by atoms with van der Waals surface area (Å²) >= 11 is 0. The van der Waals surface area contributed by atoms with Crippen LogP contribution in [0, 0.1) is 11.8 Å². The Morgan fingerprint density at radius 2 is 1.19 bits per heavy atom. The van der Waals surface area contributed by atoms with Gasteiger partial charge in [-0.15, -0.1) is 0 Å². The molecule has 0 aromatic heterocycles. The Morgan fingerprint density at radius 3 is 1.62 bits per heavy atom. The first-order valence-electron chi connectivity index (χ1n) is 10.5. The summed E-state index contributed by atoms with van der Waals surface area (Å²) in [5.41, 5.74) is 5.47. The third-order valence-electron chi connectivity index (χ3n) is 4.48. The van der Waals surface area contributed by atoms with Crippen molar-refractivity contribution in [3.05, 3.63) is 0 Å². The van der Waals surface area contributed by atoms with Crippen LogP contribution in [0.3, 0.4) is 0 Å². The molecule has 0 aliphatic carbocycles. The average molecular weight is 461 g/mol. The summed E-state index contributed by atoms with van der Waals surface area (Å²) in [6, 6.07) is -4.87. The minimum atomic E-state index is -1.33. The fourth-order valence-electron chi connectivity index (χ4n) is 2.84. The molecule has 0 aliphatic heterocycles. The molecule has 0 rings (SSSR count). The number of carboxylic acid groups (broad SMARTS) is 2. The number of aliphatic hydroxyl groups excluding tert-OH is 1. The lowest BCUT2D eigenvalue weighted by Crippen LogP contribution is -2.57. The van der Waals surface area contributed by atoms with Crippen LogP contribution in [0.4, 0.5) is 0 Å². The average Bonchev–Trinajstić information content (AvgIpc) is 2.67. The van der Waals surface area contributed by atoms with Gasteiger partial charge in [-0.3, -0.25) is 19.2 Å². The van der Waals surface area contributed by atoms with Gasteiger partial charge in [0.25, 0.3) is 0 Å². The Bertz CT molecular complexity index is 668. The van der Waals surface area contributed by atoms with Gasteiger partial charge in [0.1, 0.15) is 24.2 Å². The van der Waals surface area contributed by atoms with Crippen molar-refractivity contribution in [1.29, 1.82) is 0 Å². The second-order valence-corrected chi connectivity index (χ2v) is 8.50. The molecule has 3 amide bonds. The minimum Gasteiger partial charge on any atom is -0.481 e. The molecule has 0 aromatic rings. The summed E-state index contributed by atoms with van der Waals surface area (Å²) in [4.78, 5) is 60.0. The zero-order chi connectivity index (χ0) is 25.0. The maximum absolute atomic E-state index is 12.8. The van der Waals surface area contributed by atoms with Crippen LogP contribution in [-0.2, 0) is 24.0 Å². The second kappa shape index (κ2) is 14.4. The second-order valence-electron chi connectivity index (χ2n) is 8.50. The summed E-state index contributed by atoms with van der Waals surface area (Å²) in [5.74, 6) is -4.88. The molecule has 0 heterocycles. The molecule has 4 unspecified atom stereocenters. The Morgan fingerprint density at radius 1 is 0.750 bits per heavy atom. The molecular weight excluding hydrogens is 424 g/mol. The molecule has 8 N–H and O–H groups in total. The van der Waals surface area contributed by atoms with E-state index in [-0.39, 0.29) is 31.1 Å². The van der Waals surface area contributed by atoms with Gasteiger partial charge in [-0.1, -0.05) is 27.7 Å². The maximum atomic E-state index is 12.8. The van der Waals surface area contributed by atoms with Gasteiger partial charge >= 0.3 is 11.9 Å². The van der Waals surface area contributed by atoms with E-state index in [2.05, 4.69) is 16.0 Å². The molecule has 0 radical (unpaired) electrons. The fraction of sp³-hybridized carbons (Fsp3) is 0.750. The minimum absolute atomic E-state index is 0.0369. The SMILES string of the molecule is CC(C)CC(NC(=O)C(CCC(=O)O)NC(=O)C(CC(C)C)NC(=O)C(N)CO)C(=O)O. The molecule has 12 heteroatoms. The van der Waals surface area contributed by atoms with Crippen molar-refractivity contribution < 1.29 is 39.3 Å². The van der Waals surface area contributed by atoms with E-state index < -0.39 is 66.9 Å². The van der Waals surface area contributed by atoms with Gasteiger partial charge in [0.05, 0.1) is 6.61 Å². The number of amides is 3. The van der Waals surface area contributed by atoms with Crippen molar-refractivity contribution in [1.82, 2.24) is 16.0 Å². The number of hydrogen-bond acceptors (Lipinski definition) is 7. The number of nitrogens with two attached hydrogens (primary N) is 1. The van der Waals surface area contributed by atoms with E-state index in [0.29, 0.717) is 0 Å². The zero-order valence-corrected chi connectivity index (χ0v) is 19.0. The number of rotatable bonds is 15. The van der Waals surface area contributed by atoms with Crippen LogP contribution < -0.4 is 21.7 Å². The first-order chi connectivity index (χ1) is 14.8. The highest BCUT2D eigenvalue weighted by Gasteiger charge is 2.31. The van der Waals surface area contributed by atoms with Gasteiger partial charge in [0.15, 0.2) is 0 Å². The predicted octanol–water partition coefficient (Wildman–Crippen LogP) is -1.20. The van der Waals surface area contributed by atoms with Gasteiger partial charge in [-0.05, 0) is 31.1 Å². The summed E-state index contributed by atoms with van der Waals surface area (Å²) in [6.07, 6.45) is -0.393. The number of carbonyl (C=O) groups is 5. The van der Waals surface area contributed by atoms with Crippen LogP contribution in [0.5, 0.6) is 0 Å². The van der Waals surface area contributed by atoms with Crippen LogP contribution in [0.1, 0.15) is 53.4 Å². The monoisotopic (exact) mass is 460 g/mol. The molecule has 4 atom stereocenters. The number of nitrogens with one attached hydrogen (secondary N) is 3. The van der Waals surface area contributed by atoms with Crippen molar-refractivity contribution in [2.75, 3.05) is 6.61 Å². The Hall–Kier alpha value is -2.73. The van der Waals surface area contributed by atoms with Crippen molar-refractivity contribution >= 4 is 29.7 Å². The van der Waals surface area contributed by atoms with E-state index in [1.807, 2.05) is 0 Å². The van der Waals surface area contributed by atoms with Crippen molar-refractivity contribution in [2.24, 2.45) is 17.6 Å². The zero-order valence-electron chi connectivity index (χ0n) is 19.0. The first-order valence-corrected chi connectivity index (χ1v) is 10.5. The lowest BCUT2D eigenvalue weighted by molar-refractivity contribution is -0.143. The molecule has 12 nitrogen and oxygen atoms in total. The smallest absolute Gasteiger partial charge is 0.326 e. The predicted molar refractivity (Wildman–Crippen MR) is 114 cm³/mol. The van der Waals surface area contributed by atoms with Crippen LogP contribution in [0.25, 0.3) is 0 Å². The molecule has 184 valence electrons. The molecule has 0 spiro atoms. The Kier molecular flexibility index (Phi) is 13.1. The molecular formula is C20H36N4O8. The number of carboxylic acids is 2. The number of aliphatic carboxylic acids is 2. The molecule has 0 aromatic carbocycles. The van der Waals surface area contributed by atoms with Gasteiger partial charge in [-0.25, -0.2) is 4.79 Å². The van der Waals surface area contributed by atoms with E-state index in [9.17, 15) is 29.1 Å². The van der Waals surface area contributed by atoms with Gasteiger partial charge < -0.3 is 37.0 Å². The highest BCUT2D eigenvalue weighted by molar-refractivity contribution is 5.94. The number of aliphatic hydroxyl groups is 1. The molecule has 0 saturated carbocycles. The van der Waals surface area contributed by atoms with Crippen molar-refractivity contribution in [2.45, 2.75) is 77.5 Å². The van der Waals surface area contributed by atoms with Crippen molar-refractivity contribution in [3.63, 3.8) is 0 Å². The fourth-order valence-corrected chi connectivity index (χ4v) is 2.84. The maximum Gasteiger partial charge on any atom is 0.326 e. The number of carbonyl (C=O) groups excluding carboxylic acids is 3. The van der Waals surface area contributed by atoms with Gasteiger partial charge in [0.2, 0.25) is 17.7 Å². The van der Waals surface area contributed by atoms with Gasteiger partial charge in [-0.2, -0.15) is 0 Å². The summed E-state index contributed by atoms with van der Waals surface area (Å²) in [5, 5.41) is 34.5. The topological polar surface area (TPSA) is 208 Å². The summed E-state index contributed by atoms with van der Waals surface area (Å²) in [7, 11) is 0. The van der Waals surface area contributed by atoms with Crippen molar-refractivity contribution in [3.8, 4) is 0 Å². The van der Waals surface area contributed by atoms with Gasteiger partial charge in [0, 0.05) is 6.42 Å². The highest BCUT2D eigenvalue weighted by atomic mass is 16.4. The number of hydrogen-bond donors (Lipinski definition) is 7. The highest BCUT2D eigenvalue weighted by Crippen LogP contribution is 2.09. The molecule has 0 fully saturated rings. The van der Waals surface area contributed by atoms with E-state index in [1.54, 1.807) is 27.7 Å². The summed E-state index contributed by atoms with van der Waals surface area (Å²) < 4.78 is 0. The van der Waals surface area contributed by atoms with E-state index in [1.165, 1.54) is 0 Å².